The lowest BCUT2D eigenvalue weighted by molar-refractivity contribution is 0.0298. The third-order valence-electron chi connectivity index (χ3n) is 8.14. The summed E-state index contributed by atoms with van der Waals surface area (Å²) < 4.78 is 11.7. The highest BCUT2D eigenvalue weighted by molar-refractivity contribution is 5.93. The number of carbonyl (C=O) groups is 2. The van der Waals surface area contributed by atoms with Crippen LogP contribution in [0.25, 0.3) is 33.5 Å². The fourth-order valence-electron chi connectivity index (χ4n) is 5.62. The summed E-state index contributed by atoms with van der Waals surface area (Å²) in [6.45, 7) is 5.85. The SMILES string of the molecule is Cc1cc(-c2ccc3ncc(C(=O)N4CCOCC4)n3c2)cn(C)c1=O.Cc1cc(-c2ccc3ncc(C(=O)O)n3c2)cn(C)c1=O. The Kier molecular flexibility index (Phi) is 8.31. The van der Waals surface area contributed by atoms with Crippen molar-refractivity contribution in [2.24, 2.45) is 14.1 Å². The molecule has 47 heavy (non-hydrogen) atoms. The minimum atomic E-state index is -1.03. The topological polar surface area (TPSA) is 145 Å². The fraction of sp³-hybridized carbons (Fsp3) is 0.235. The molecule has 1 amide bonds. The summed E-state index contributed by atoms with van der Waals surface area (Å²) in [6, 6.07) is 11.1. The van der Waals surface area contributed by atoms with Crippen LogP contribution < -0.4 is 11.1 Å². The molecule has 0 aromatic carbocycles. The highest BCUT2D eigenvalue weighted by Gasteiger charge is 2.22. The van der Waals surface area contributed by atoms with Crippen LogP contribution in [0.4, 0.5) is 0 Å². The predicted octanol–water partition coefficient (Wildman–Crippen LogP) is 3.19. The molecule has 1 aliphatic heterocycles. The van der Waals surface area contributed by atoms with Crippen LogP contribution in [-0.2, 0) is 18.8 Å². The predicted molar refractivity (Wildman–Crippen MR) is 175 cm³/mol. The number of hydrogen-bond acceptors (Lipinski definition) is 7. The van der Waals surface area contributed by atoms with Crippen molar-refractivity contribution in [3.05, 3.63) is 117 Å². The maximum absolute atomic E-state index is 12.8. The van der Waals surface area contributed by atoms with Crippen LogP contribution in [0.1, 0.15) is 32.1 Å². The Bertz CT molecular complexity index is 2240. The molecule has 0 atom stereocenters. The number of amides is 1. The molecule has 0 radical (unpaired) electrons. The van der Waals surface area contributed by atoms with Crippen LogP contribution >= 0.6 is 0 Å². The van der Waals surface area contributed by atoms with Crippen LogP contribution in [0.2, 0.25) is 0 Å². The number of rotatable bonds is 4. The number of carbonyl (C=O) groups excluding carboxylic acids is 1. The third-order valence-corrected chi connectivity index (χ3v) is 8.14. The fourth-order valence-corrected chi connectivity index (χ4v) is 5.62. The standard InChI is InChI=1S/C19H20N4O3.C15H13N3O3/c1-13-9-15(11-21(2)18(13)24)14-3-4-17-20-10-16(23(17)12-14)19(25)22-5-7-26-8-6-22;1-9-5-11(7-17(2)14(9)19)10-3-4-13-16-6-12(15(20)21)18(13)8-10/h3-4,9-12H,5-8H2,1-2H3;3-8H,1-2H3,(H,20,21). The van der Waals surface area contributed by atoms with Gasteiger partial charge in [-0.15, -0.1) is 0 Å². The van der Waals surface area contributed by atoms with E-state index in [1.54, 1.807) is 74.3 Å². The van der Waals surface area contributed by atoms with Crippen LogP contribution in [0.5, 0.6) is 0 Å². The number of aryl methyl sites for hydroxylation is 4. The van der Waals surface area contributed by atoms with Crippen LogP contribution in [0.3, 0.4) is 0 Å². The average Bonchev–Trinajstić information content (AvgIpc) is 3.70. The Labute approximate surface area is 268 Å². The van der Waals surface area contributed by atoms with Crippen molar-refractivity contribution in [2.75, 3.05) is 26.3 Å². The van der Waals surface area contributed by atoms with Gasteiger partial charge in [0.25, 0.3) is 17.0 Å². The summed E-state index contributed by atoms with van der Waals surface area (Å²) in [5.74, 6) is -1.08. The zero-order valence-corrected chi connectivity index (χ0v) is 26.4. The molecule has 7 heterocycles. The van der Waals surface area contributed by atoms with Gasteiger partial charge < -0.3 is 23.9 Å². The lowest BCUT2D eigenvalue weighted by Gasteiger charge is -2.26. The molecular weight excluding hydrogens is 602 g/mol. The van der Waals surface area contributed by atoms with Gasteiger partial charge in [-0.1, -0.05) is 0 Å². The Morgan fingerprint density at radius 1 is 0.702 bits per heavy atom. The normalized spacial score (nSPS) is 13.1. The molecule has 0 bridgehead atoms. The number of fused-ring (bicyclic) bond motifs is 2. The van der Waals surface area contributed by atoms with E-state index < -0.39 is 5.97 Å². The number of hydrogen-bond donors (Lipinski definition) is 1. The van der Waals surface area contributed by atoms with E-state index in [0.717, 1.165) is 22.3 Å². The van der Waals surface area contributed by atoms with Gasteiger partial charge in [0.1, 0.15) is 17.0 Å². The maximum atomic E-state index is 12.8. The molecule has 0 spiro atoms. The minimum absolute atomic E-state index is 0.0133. The number of aromatic nitrogens is 6. The quantitative estimate of drug-likeness (QED) is 0.311. The molecule has 13 heteroatoms. The van der Waals surface area contributed by atoms with Gasteiger partial charge in [-0.2, -0.15) is 0 Å². The largest absolute Gasteiger partial charge is 0.477 e. The molecule has 7 rings (SSSR count). The molecule has 6 aromatic heterocycles. The molecule has 0 aliphatic carbocycles. The number of aromatic carboxylic acids is 1. The second kappa shape index (κ2) is 12.5. The molecule has 1 N–H and O–H groups in total. The Morgan fingerprint density at radius 2 is 1.17 bits per heavy atom. The van der Waals surface area contributed by atoms with Crippen molar-refractivity contribution >= 4 is 23.2 Å². The van der Waals surface area contributed by atoms with Crippen molar-refractivity contribution in [3.63, 3.8) is 0 Å². The number of ether oxygens (including phenoxy) is 1. The number of morpholine rings is 1. The van der Waals surface area contributed by atoms with Gasteiger partial charge in [0.2, 0.25) is 0 Å². The zero-order valence-electron chi connectivity index (χ0n) is 26.4. The maximum Gasteiger partial charge on any atom is 0.354 e. The first-order valence-corrected chi connectivity index (χ1v) is 14.9. The van der Waals surface area contributed by atoms with Gasteiger partial charge in [-0.3, -0.25) is 23.2 Å². The molecule has 1 fully saturated rings. The van der Waals surface area contributed by atoms with E-state index in [0.29, 0.717) is 54.4 Å². The summed E-state index contributed by atoms with van der Waals surface area (Å²) >= 11 is 0. The van der Waals surface area contributed by atoms with Gasteiger partial charge in [-0.05, 0) is 72.5 Å². The van der Waals surface area contributed by atoms with Crippen molar-refractivity contribution in [1.29, 1.82) is 0 Å². The minimum Gasteiger partial charge on any atom is -0.477 e. The molecule has 1 aliphatic rings. The highest BCUT2D eigenvalue weighted by atomic mass is 16.5. The first-order valence-electron chi connectivity index (χ1n) is 14.9. The van der Waals surface area contributed by atoms with E-state index in [1.165, 1.54) is 15.2 Å². The van der Waals surface area contributed by atoms with E-state index in [4.69, 9.17) is 9.84 Å². The number of imidazole rings is 2. The first kappa shape index (κ1) is 31.2. The monoisotopic (exact) mass is 635 g/mol. The van der Waals surface area contributed by atoms with Gasteiger partial charge >= 0.3 is 5.97 Å². The number of nitrogens with zero attached hydrogens (tertiary/aromatic N) is 7. The van der Waals surface area contributed by atoms with E-state index in [-0.39, 0.29) is 22.7 Å². The van der Waals surface area contributed by atoms with Gasteiger partial charge in [0.05, 0.1) is 25.6 Å². The van der Waals surface area contributed by atoms with E-state index in [2.05, 4.69) is 9.97 Å². The van der Waals surface area contributed by atoms with Crippen LogP contribution in [0.15, 0.2) is 83.2 Å². The summed E-state index contributed by atoms with van der Waals surface area (Å²) in [5.41, 5.74) is 6.69. The van der Waals surface area contributed by atoms with E-state index >= 15 is 0 Å². The second-order valence-electron chi connectivity index (χ2n) is 11.4. The van der Waals surface area contributed by atoms with Gasteiger partial charge in [0, 0.05) is 63.1 Å². The molecule has 240 valence electrons. The van der Waals surface area contributed by atoms with E-state index in [1.807, 2.05) is 34.9 Å². The Balaban J connectivity index is 0.000000168. The first-order chi connectivity index (χ1) is 22.5. The van der Waals surface area contributed by atoms with Crippen LogP contribution in [-0.4, -0.2) is 76.1 Å². The highest BCUT2D eigenvalue weighted by Crippen LogP contribution is 2.22. The van der Waals surface area contributed by atoms with Gasteiger partial charge in [-0.25, -0.2) is 14.8 Å². The zero-order chi connectivity index (χ0) is 33.4. The Hall–Kier alpha value is -5.82. The number of carboxylic acid groups (broad SMARTS) is 1. The molecule has 13 nitrogen and oxygen atoms in total. The lowest BCUT2D eigenvalue weighted by atomic mass is 10.1. The number of carboxylic acids is 1. The summed E-state index contributed by atoms with van der Waals surface area (Å²) in [4.78, 5) is 57.9. The molecule has 6 aromatic rings. The molecule has 1 saturated heterocycles. The average molecular weight is 636 g/mol. The molecule has 0 saturated carbocycles. The molecule has 0 unspecified atom stereocenters. The van der Waals surface area contributed by atoms with Crippen molar-refractivity contribution in [2.45, 2.75) is 13.8 Å². The number of pyridine rings is 4. The Morgan fingerprint density at radius 3 is 1.64 bits per heavy atom. The second-order valence-corrected chi connectivity index (χ2v) is 11.4. The summed E-state index contributed by atoms with van der Waals surface area (Å²) in [7, 11) is 3.43. The van der Waals surface area contributed by atoms with E-state index in [9.17, 15) is 19.2 Å². The van der Waals surface area contributed by atoms with Gasteiger partial charge in [0.15, 0.2) is 5.69 Å². The lowest BCUT2D eigenvalue weighted by Crippen LogP contribution is -2.41. The third kappa shape index (κ3) is 6.08. The van der Waals surface area contributed by atoms with Crippen LogP contribution in [0, 0.1) is 13.8 Å². The summed E-state index contributed by atoms with van der Waals surface area (Å²) in [5, 5.41) is 9.15. The van der Waals surface area contributed by atoms with Crippen molar-refractivity contribution in [1.82, 2.24) is 32.8 Å². The van der Waals surface area contributed by atoms with Crippen molar-refractivity contribution in [3.8, 4) is 22.3 Å². The van der Waals surface area contributed by atoms with Crippen molar-refractivity contribution < 1.29 is 19.4 Å². The molecular formula is C34H33N7O6. The smallest absolute Gasteiger partial charge is 0.354 e. The summed E-state index contributed by atoms with van der Waals surface area (Å²) in [6.07, 6.45) is 10.1.